The van der Waals surface area contributed by atoms with E-state index in [1.165, 1.54) is 32.5 Å². The minimum Gasteiger partial charge on any atom is -0.316 e. The second-order valence-electron chi connectivity index (χ2n) is 6.59. The first kappa shape index (κ1) is 15.9. The van der Waals surface area contributed by atoms with Crippen LogP contribution in [0.5, 0.6) is 0 Å². The molecule has 1 N–H and O–H groups in total. The van der Waals surface area contributed by atoms with Crippen LogP contribution in [0.25, 0.3) is 0 Å². The predicted octanol–water partition coefficient (Wildman–Crippen LogP) is 1.89. The van der Waals surface area contributed by atoms with Crippen molar-refractivity contribution < 1.29 is 0 Å². The van der Waals surface area contributed by atoms with Gasteiger partial charge in [-0.05, 0) is 65.3 Å². The van der Waals surface area contributed by atoms with Crippen molar-refractivity contribution in [3.8, 4) is 0 Å². The molecule has 108 valence electrons. The SMILES string of the molecule is CC(C)CNCCC(C)N(C)CC1CCN(C)C1. The fourth-order valence-electron chi connectivity index (χ4n) is 2.68. The van der Waals surface area contributed by atoms with Gasteiger partial charge in [-0.3, -0.25) is 0 Å². The Labute approximate surface area is 114 Å². The van der Waals surface area contributed by atoms with Gasteiger partial charge < -0.3 is 15.1 Å². The number of rotatable bonds is 8. The van der Waals surface area contributed by atoms with Crippen LogP contribution >= 0.6 is 0 Å². The van der Waals surface area contributed by atoms with Gasteiger partial charge in [0.25, 0.3) is 0 Å². The summed E-state index contributed by atoms with van der Waals surface area (Å²) in [4.78, 5) is 4.99. The Bertz CT molecular complexity index is 218. The van der Waals surface area contributed by atoms with Gasteiger partial charge >= 0.3 is 0 Å². The highest BCUT2D eigenvalue weighted by Crippen LogP contribution is 2.16. The summed E-state index contributed by atoms with van der Waals surface area (Å²) in [5, 5.41) is 3.54. The highest BCUT2D eigenvalue weighted by Gasteiger charge is 2.22. The van der Waals surface area contributed by atoms with Gasteiger partial charge in [0.1, 0.15) is 0 Å². The van der Waals surface area contributed by atoms with Gasteiger partial charge in [0.05, 0.1) is 0 Å². The largest absolute Gasteiger partial charge is 0.316 e. The van der Waals surface area contributed by atoms with Crippen molar-refractivity contribution >= 4 is 0 Å². The number of hydrogen-bond acceptors (Lipinski definition) is 3. The van der Waals surface area contributed by atoms with Crippen LogP contribution < -0.4 is 5.32 Å². The second-order valence-corrected chi connectivity index (χ2v) is 6.59. The van der Waals surface area contributed by atoms with E-state index in [0.717, 1.165) is 24.9 Å². The van der Waals surface area contributed by atoms with Gasteiger partial charge in [0.2, 0.25) is 0 Å². The number of hydrogen-bond donors (Lipinski definition) is 1. The van der Waals surface area contributed by atoms with Gasteiger partial charge in [0.15, 0.2) is 0 Å². The van der Waals surface area contributed by atoms with Crippen LogP contribution in [-0.4, -0.2) is 62.7 Å². The third-order valence-electron chi connectivity index (χ3n) is 4.08. The summed E-state index contributed by atoms with van der Waals surface area (Å²) in [7, 11) is 4.52. The maximum atomic E-state index is 3.54. The molecule has 1 aliphatic rings. The fraction of sp³-hybridized carbons (Fsp3) is 1.00. The molecule has 0 amide bonds. The van der Waals surface area contributed by atoms with Crippen LogP contribution in [0.1, 0.15) is 33.6 Å². The van der Waals surface area contributed by atoms with Crippen molar-refractivity contribution in [1.82, 2.24) is 15.1 Å². The Morgan fingerprint density at radius 1 is 1.33 bits per heavy atom. The van der Waals surface area contributed by atoms with Crippen molar-refractivity contribution in [1.29, 1.82) is 0 Å². The highest BCUT2D eigenvalue weighted by atomic mass is 15.2. The van der Waals surface area contributed by atoms with Crippen LogP contribution in [0.15, 0.2) is 0 Å². The van der Waals surface area contributed by atoms with E-state index in [0.29, 0.717) is 6.04 Å². The van der Waals surface area contributed by atoms with Crippen molar-refractivity contribution in [3.63, 3.8) is 0 Å². The summed E-state index contributed by atoms with van der Waals surface area (Å²) in [5.41, 5.74) is 0. The van der Waals surface area contributed by atoms with Gasteiger partial charge in [-0.2, -0.15) is 0 Å². The van der Waals surface area contributed by atoms with Gasteiger partial charge in [-0.15, -0.1) is 0 Å². The minimum atomic E-state index is 0.690. The molecule has 2 unspecified atom stereocenters. The van der Waals surface area contributed by atoms with E-state index in [2.05, 4.69) is 50.0 Å². The molecule has 2 atom stereocenters. The molecule has 0 radical (unpaired) electrons. The molecule has 1 heterocycles. The van der Waals surface area contributed by atoms with Crippen LogP contribution in [0.2, 0.25) is 0 Å². The summed E-state index contributed by atoms with van der Waals surface area (Å²) in [6.07, 6.45) is 2.63. The molecular formula is C15H33N3. The monoisotopic (exact) mass is 255 g/mol. The predicted molar refractivity (Wildman–Crippen MR) is 80.0 cm³/mol. The van der Waals surface area contributed by atoms with E-state index in [4.69, 9.17) is 0 Å². The number of likely N-dealkylation sites (tertiary alicyclic amines) is 1. The molecule has 0 saturated carbocycles. The highest BCUT2D eigenvalue weighted by molar-refractivity contribution is 4.77. The Balaban J connectivity index is 2.10. The second kappa shape index (κ2) is 8.13. The first-order valence-electron chi connectivity index (χ1n) is 7.58. The Morgan fingerprint density at radius 3 is 2.61 bits per heavy atom. The van der Waals surface area contributed by atoms with Gasteiger partial charge in [-0.25, -0.2) is 0 Å². The molecule has 3 heteroatoms. The van der Waals surface area contributed by atoms with Crippen molar-refractivity contribution in [3.05, 3.63) is 0 Å². The molecule has 0 aromatic carbocycles. The smallest absolute Gasteiger partial charge is 0.00760 e. The molecular weight excluding hydrogens is 222 g/mol. The average molecular weight is 255 g/mol. The lowest BCUT2D eigenvalue weighted by Crippen LogP contribution is -2.36. The molecule has 0 spiro atoms. The normalized spacial score (nSPS) is 23.2. The van der Waals surface area contributed by atoms with Gasteiger partial charge in [0, 0.05) is 19.1 Å². The third kappa shape index (κ3) is 6.17. The van der Waals surface area contributed by atoms with E-state index >= 15 is 0 Å². The van der Waals surface area contributed by atoms with E-state index in [1.807, 2.05) is 0 Å². The molecule has 0 bridgehead atoms. The van der Waals surface area contributed by atoms with E-state index in [9.17, 15) is 0 Å². The molecule has 3 nitrogen and oxygen atoms in total. The van der Waals surface area contributed by atoms with Crippen LogP contribution in [0.4, 0.5) is 0 Å². The Morgan fingerprint density at radius 2 is 2.06 bits per heavy atom. The molecule has 1 rings (SSSR count). The molecule has 1 fully saturated rings. The fourth-order valence-corrected chi connectivity index (χ4v) is 2.68. The van der Waals surface area contributed by atoms with Crippen molar-refractivity contribution in [2.24, 2.45) is 11.8 Å². The van der Waals surface area contributed by atoms with Crippen LogP contribution in [0, 0.1) is 11.8 Å². The van der Waals surface area contributed by atoms with Crippen molar-refractivity contribution in [2.45, 2.75) is 39.7 Å². The standard InChI is InChI=1S/C15H33N3/c1-13(2)10-16-8-6-14(3)18(5)12-15-7-9-17(4)11-15/h13-16H,6-12H2,1-5H3. The maximum absolute atomic E-state index is 3.54. The first-order valence-corrected chi connectivity index (χ1v) is 7.58. The molecule has 1 aliphatic heterocycles. The summed E-state index contributed by atoms with van der Waals surface area (Å²) in [5.74, 6) is 1.64. The lowest BCUT2D eigenvalue weighted by Gasteiger charge is -2.27. The van der Waals surface area contributed by atoms with E-state index in [1.54, 1.807) is 0 Å². The lowest BCUT2D eigenvalue weighted by atomic mass is 10.1. The van der Waals surface area contributed by atoms with Crippen molar-refractivity contribution in [2.75, 3.05) is 46.8 Å². The van der Waals surface area contributed by atoms with Crippen LogP contribution in [0.3, 0.4) is 0 Å². The molecule has 0 aliphatic carbocycles. The van der Waals surface area contributed by atoms with Crippen LogP contribution in [-0.2, 0) is 0 Å². The zero-order valence-electron chi connectivity index (χ0n) is 13.1. The summed E-state index contributed by atoms with van der Waals surface area (Å²) in [6, 6.07) is 0.690. The molecule has 0 aromatic heterocycles. The zero-order chi connectivity index (χ0) is 13.5. The quantitative estimate of drug-likeness (QED) is 0.668. The van der Waals surface area contributed by atoms with E-state index in [-0.39, 0.29) is 0 Å². The summed E-state index contributed by atoms with van der Waals surface area (Å²) >= 11 is 0. The summed E-state index contributed by atoms with van der Waals surface area (Å²) < 4.78 is 0. The Kier molecular flexibility index (Phi) is 7.20. The molecule has 1 saturated heterocycles. The topological polar surface area (TPSA) is 18.5 Å². The maximum Gasteiger partial charge on any atom is 0.00760 e. The lowest BCUT2D eigenvalue weighted by molar-refractivity contribution is 0.208. The van der Waals surface area contributed by atoms with Gasteiger partial charge in [-0.1, -0.05) is 13.8 Å². The third-order valence-corrected chi connectivity index (χ3v) is 4.08. The number of nitrogens with zero attached hydrogens (tertiary/aromatic N) is 2. The summed E-state index contributed by atoms with van der Waals surface area (Å²) in [6.45, 7) is 13.0. The Hall–Kier alpha value is -0.120. The molecule has 18 heavy (non-hydrogen) atoms. The first-order chi connectivity index (χ1) is 8.49. The number of nitrogens with one attached hydrogen (secondary N) is 1. The molecule has 0 aromatic rings. The average Bonchev–Trinajstić information content (AvgIpc) is 2.69. The zero-order valence-corrected chi connectivity index (χ0v) is 13.1. The van der Waals surface area contributed by atoms with E-state index < -0.39 is 0 Å². The minimum absolute atomic E-state index is 0.690.